The fourth-order valence-corrected chi connectivity index (χ4v) is 4.37. The van der Waals surface area contributed by atoms with E-state index in [-0.39, 0.29) is 17.7 Å². The van der Waals surface area contributed by atoms with Crippen LogP contribution in [0.5, 0.6) is 0 Å². The molecule has 0 saturated carbocycles. The zero-order chi connectivity index (χ0) is 12.5. The highest BCUT2D eigenvalue weighted by Crippen LogP contribution is 2.24. The van der Waals surface area contributed by atoms with Crippen molar-refractivity contribution < 1.29 is 13.2 Å². The van der Waals surface area contributed by atoms with Gasteiger partial charge in [-0.3, -0.25) is 4.79 Å². The van der Waals surface area contributed by atoms with E-state index in [1.807, 2.05) is 0 Å². The van der Waals surface area contributed by atoms with E-state index in [9.17, 15) is 13.2 Å². The van der Waals surface area contributed by atoms with Crippen molar-refractivity contribution in [3.05, 3.63) is 12.7 Å². The molecule has 0 bridgehead atoms. The molecule has 0 aromatic rings. The summed E-state index contributed by atoms with van der Waals surface area (Å²) in [6.45, 7) is 5.35. The lowest BCUT2D eigenvalue weighted by atomic mass is 10.0. The van der Waals surface area contributed by atoms with Crippen LogP contribution in [0.1, 0.15) is 19.3 Å². The van der Waals surface area contributed by atoms with Gasteiger partial charge in [0.2, 0.25) is 15.9 Å². The highest BCUT2D eigenvalue weighted by Gasteiger charge is 2.36. The molecule has 0 radical (unpaired) electrons. The minimum absolute atomic E-state index is 0.0623. The Hall–Kier alpha value is -0.880. The molecular weight excluding hydrogens is 240 g/mol. The molecule has 1 amide bonds. The minimum atomic E-state index is -3.02. The fourth-order valence-electron chi connectivity index (χ4n) is 2.57. The van der Waals surface area contributed by atoms with Crippen LogP contribution < -0.4 is 0 Å². The first-order valence-corrected chi connectivity index (χ1v) is 7.56. The predicted molar refractivity (Wildman–Crippen MR) is 64.9 cm³/mol. The summed E-state index contributed by atoms with van der Waals surface area (Å²) in [5.74, 6) is 0.214. The molecule has 96 valence electrons. The summed E-state index contributed by atoms with van der Waals surface area (Å²) in [7, 11) is -3.02. The number of hydrogen-bond donors (Lipinski definition) is 0. The number of likely N-dealkylation sites (tertiary alicyclic amines) is 1. The van der Waals surface area contributed by atoms with E-state index in [0.29, 0.717) is 19.6 Å². The normalized spacial score (nSPS) is 26.0. The fraction of sp³-hybridized carbons (Fsp3) is 0.727. The van der Waals surface area contributed by atoms with Crippen molar-refractivity contribution in [3.8, 4) is 0 Å². The van der Waals surface area contributed by atoms with Crippen molar-refractivity contribution in [2.24, 2.45) is 0 Å². The molecule has 0 atom stereocenters. The molecule has 17 heavy (non-hydrogen) atoms. The molecule has 2 aliphatic heterocycles. The number of sulfonamides is 1. The van der Waals surface area contributed by atoms with E-state index < -0.39 is 10.0 Å². The maximum atomic E-state index is 11.8. The maximum Gasteiger partial charge on any atom is 0.245 e. The topological polar surface area (TPSA) is 57.7 Å². The first-order chi connectivity index (χ1) is 8.04. The van der Waals surface area contributed by atoms with Gasteiger partial charge < -0.3 is 4.90 Å². The van der Waals surface area contributed by atoms with Crippen LogP contribution in [0.4, 0.5) is 0 Å². The summed E-state index contributed by atoms with van der Waals surface area (Å²) in [6.07, 6.45) is 3.51. The lowest BCUT2D eigenvalue weighted by molar-refractivity contribution is -0.127. The second kappa shape index (κ2) is 4.78. The molecule has 2 heterocycles. The monoisotopic (exact) mass is 258 g/mol. The molecular formula is C11H18N2O3S. The SMILES string of the molecule is C=CC(=O)N1CCC(N2CCCS2(=O)=O)CC1. The molecule has 2 aliphatic rings. The number of rotatable bonds is 2. The van der Waals surface area contributed by atoms with Gasteiger partial charge in [-0.15, -0.1) is 0 Å². The summed E-state index contributed by atoms with van der Waals surface area (Å²) < 4.78 is 25.2. The van der Waals surface area contributed by atoms with Crippen molar-refractivity contribution in [2.45, 2.75) is 25.3 Å². The van der Waals surface area contributed by atoms with E-state index in [4.69, 9.17) is 0 Å². The van der Waals surface area contributed by atoms with Crippen molar-refractivity contribution in [2.75, 3.05) is 25.4 Å². The van der Waals surface area contributed by atoms with E-state index >= 15 is 0 Å². The van der Waals surface area contributed by atoms with Crippen LogP contribution in [0.2, 0.25) is 0 Å². The molecule has 0 N–H and O–H groups in total. The lowest BCUT2D eigenvalue weighted by Gasteiger charge is -2.35. The molecule has 6 heteroatoms. The first kappa shape index (κ1) is 12.6. The summed E-state index contributed by atoms with van der Waals surface area (Å²) in [4.78, 5) is 13.1. The van der Waals surface area contributed by atoms with Crippen LogP contribution in [0.25, 0.3) is 0 Å². The van der Waals surface area contributed by atoms with Gasteiger partial charge in [0.25, 0.3) is 0 Å². The number of piperidine rings is 1. The molecule has 2 fully saturated rings. The minimum Gasteiger partial charge on any atom is -0.339 e. The van der Waals surface area contributed by atoms with E-state index in [1.54, 1.807) is 9.21 Å². The Morgan fingerprint density at radius 3 is 2.35 bits per heavy atom. The highest BCUT2D eigenvalue weighted by atomic mass is 32.2. The number of hydrogen-bond acceptors (Lipinski definition) is 3. The Labute approximate surface area is 102 Å². The quantitative estimate of drug-likeness (QED) is 0.665. The van der Waals surface area contributed by atoms with Gasteiger partial charge in [0, 0.05) is 25.7 Å². The average molecular weight is 258 g/mol. The molecule has 0 aromatic carbocycles. The third-order valence-corrected chi connectivity index (χ3v) is 5.50. The van der Waals surface area contributed by atoms with Crippen molar-refractivity contribution in [1.29, 1.82) is 0 Å². The van der Waals surface area contributed by atoms with Gasteiger partial charge in [0.05, 0.1) is 5.75 Å². The number of amides is 1. The lowest BCUT2D eigenvalue weighted by Crippen LogP contribution is -2.46. The third-order valence-electron chi connectivity index (χ3n) is 3.50. The second-order valence-electron chi connectivity index (χ2n) is 4.54. The van der Waals surface area contributed by atoms with Crippen LogP contribution in [0.3, 0.4) is 0 Å². The molecule has 0 spiro atoms. The Balaban J connectivity index is 1.95. The number of nitrogens with zero attached hydrogens (tertiary/aromatic N) is 2. The third kappa shape index (κ3) is 2.52. The molecule has 2 saturated heterocycles. The van der Waals surface area contributed by atoms with Crippen LogP contribution in [-0.4, -0.2) is 55.0 Å². The Kier molecular flexibility index (Phi) is 3.53. The zero-order valence-corrected chi connectivity index (χ0v) is 10.7. The van der Waals surface area contributed by atoms with Crippen LogP contribution in [0, 0.1) is 0 Å². The van der Waals surface area contributed by atoms with E-state index in [0.717, 1.165) is 19.3 Å². The Bertz CT molecular complexity index is 410. The van der Waals surface area contributed by atoms with Crippen LogP contribution >= 0.6 is 0 Å². The first-order valence-electron chi connectivity index (χ1n) is 5.95. The largest absolute Gasteiger partial charge is 0.339 e. The highest BCUT2D eigenvalue weighted by molar-refractivity contribution is 7.89. The molecule has 0 aliphatic carbocycles. The average Bonchev–Trinajstić information content (AvgIpc) is 2.68. The Morgan fingerprint density at radius 2 is 1.88 bits per heavy atom. The van der Waals surface area contributed by atoms with Crippen molar-refractivity contribution >= 4 is 15.9 Å². The van der Waals surface area contributed by atoms with Gasteiger partial charge in [-0.25, -0.2) is 8.42 Å². The predicted octanol–water partition coefficient (Wildman–Crippen LogP) is 0.199. The van der Waals surface area contributed by atoms with Gasteiger partial charge in [-0.1, -0.05) is 6.58 Å². The second-order valence-corrected chi connectivity index (χ2v) is 6.58. The zero-order valence-electron chi connectivity index (χ0n) is 9.84. The van der Waals surface area contributed by atoms with Gasteiger partial charge in [-0.05, 0) is 25.3 Å². The van der Waals surface area contributed by atoms with E-state index in [2.05, 4.69) is 6.58 Å². The summed E-state index contributed by atoms with van der Waals surface area (Å²) >= 11 is 0. The number of carbonyl (C=O) groups excluding carboxylic acids is 1. The standard InChI is InChI=1S/C11H18N2O3S/c1-2-11(14)12-7-4-10(5-8-12)13-6-3-9-17(13,15)16/h2,10H,1,3-9H2. The summed E-state index contributed by atoms with van der Waals surface area (Å²) in [5, 5.41) is 0. The van der Waals surface area contributed by atoms with Gasteiger partial charge in [0.15, 0.2) is 0 Å². The van der Waals surface area contributed by atoms with Crippen molar-refractivity contribution in [3.63, 3.8) is 0 Å². The van der Waals surface area contributed by atoms with Crippen molar-refractivity contribution in [1.82, 2.24) is 9.21 Å². The van der Waals surface area contributed by atoms with Gasteiger partial charge in [-0.2, -0.15) is 4.31 Å². The van der Waals surface area contributed by atoms with Crippen LogP contribution in [0.15, 0.2) is 12.7 Å². The van der Waals surface area contributed by atoms with Gasteiger partial charge in [0.1, 0.15) is 0 Å². The molecule has 2 rings (SSSR count). The Morgan fingerprint density at radius 1 is 1.24 bits per heavy atom. The molecule has 0 unspecified atom stereocenters. The summed E-state index contributed by atoms with van der Waals surface area (Å²) in [5.41, 5.74) is 0. The molecule has 5 nitrogen and oxygen atoms in total. The smallest absolute Gasteiger partial charge is 0.245 e. The number of carbonyl (C=O) groups is 1. The van der Waals surface area contributed by atoms with Crippen LogP contribution in [-0.2, 0) is 14.8 Å². The van der Waals surface area contributed by atoms with Gasteiger partial charge >= 0.3 is 0 Å². The maximum absolute atomic E-state index is 11.8. The molecule has 0 aromatic heterocycles. The summed E-state index contributed by atoms with van der Waals surface area (Å²) in [6, 6.07) is 0.0800. The van der Waals surface area contributed by atoms with E-state index in [1.165, 1.54) is 6.08 Å².